The van der Waals surface area contributed by atoms with Gasteiger partial charge in [0.2, 0.25) is 5.95 Å². The third kappa shape index (κ3) is 4.10. The number of anilines is 4. The van der Waals surface area contributed by atoms with E-state index in [1.165, 1.54) is 0 Å². The van der Waals surface area contributed by atoms with Crippen molar-refractivity contribution >= 4 is 23.1 Å². The molecular weight excluding hydrogens is 312 g/mol. The van der Waals surface area contributed by atoms with E-state index in [0.717, 1.165) is 17.1 Å². The van der Waals surface area contributed by atoms with Crippen LogP contribution in [0.3, 0.4) is 0 Å². The normalized spacial score (nSPS) is 9.72. The maximum absolute atomic E-state index is 8.98. The highest BCUT2D eigenvalue weighted by atomic mass is 15.1. The summed E-state index contributed by atoms with van der Waals surface area (Å²) < 4.78 is 0. The smallest absolute Gasteiger partial charge is 0.229 e. The van der Waals surface area contributed by atoms with Crippen LogP contribution in [0, 0.1) is 29.6 Å². The van der Waals surface area contributed by atoms with Crippen molar-refractivity contribution in [2.45, 2.75) is 6.92 Å². The Hall–Kier alpha value is -3.90. The zero-order valence-corrected chi connectivity index (χ0v) is 13.5. The quantitative estimate of drug-likeness (QED) is 0.751. The van der Waals surface area contributed by atoms with Crippen LogP contribution in [0.15, 0.2) is 54.6 Å². The highest BCUT2D eigenvalue weighted by molar-refractivity contribution is 5.61. The second-order valence-corrected chi connectivity index (χ2v) is 5.35. The summed E-state index contributed by atoms with van der Waals surface area (Å²) in [5.41, 5.74) is 3.54. The standard InChI is InChI=1S/C19H14N6/c1-13-9-18(23-17-4-2-3-15(10-17)12-21)25-19(22-13)24-16-7-5-14(11-20)6-8-16/h2-10H,1H3,(H2,22,23,24,25). The van der Waals surface area contributed by atoms with Gasteiger partial charge in [-0.2, -0.15) is 15.5 Å². The van der Waals surface area contributed by atoms with E-state index in [9.17, 15) is 0 Å². The van der Waals surface area contributed by atoms with Crippen molar-refractivity contribution in [3.05, 3.63) is 71.4 Å². The average Bonchev–Trinajstić information content (AvgIpc) is 2.62. The first kappa shape index (κ1) is 16.0. The van der Waals surface area contributed by atoms with E-state index in [1.807, 2.05) is 25.1 Å². The molecule has 0 spiro atoms. The zero-order valence-electron chi connectivity index (χ0n) is 13.5. The molecule has 2 aromatic carbocycles. The maximum atomic E-state index is 8.98. The molecule has 0 aliphatic carbocycles. The van der Waals surface area contributed by atoms with Gasteiger partial charge in [0.1, 0.15) is 5.82 Å². The minimum atomic E-state index is 0.448. The van der Waals surface area contributed by atoms with Crippen molar-refractivity contribution in [1.29, 1.82) is 10.5 Å². The minimum Gasteiger partial charge on any atom is -0.340 e. The Kier molecular flexibility index (Phi) is 4.55. The lowest BCUT2D eigenvalue weighted by Crippen LogP contribution is -2.02. The summed E-state index contributed by atoms with van der Waals surface area (Å²) in [6, 6.07) is 20.2. The van der Waals surface area contributed by atoms with Crippen LogP contribution in [0.25, 0.3) is 0 Å². The number of nitriles is 2. The molecule has 1 heterocycles. The molecule has 0 bridgehead atoms. The molecule has 25 heavy (non-hydrogen) atoms. The van der Waals surface area contributed by atoms with E-state index in [2.05, 4.69) is 32.7 Å². The number of rotatable bonds is 4. The zero-order chi connectivity index (χ0) is 17.6. The number of aryl methyl sites for hydroxylation is 1. The topological polar surface area (TPSA) is 97.4 Å². The fraction of sp³-hybridized carbons (Fsp3) is 0.0526. The number of nitrogens with zero attached hydrogens (tertiary/aromatic N) is 4. The summed E-state index contributed by atoms with van der Waals surface area (Å²) >= 11 is 0. The van der Waals surface area contributed by atoms with Crippen LogP contribution in [0.5, 0.6) is 0 Å². The van der Waals surface area contributed by atoms with Gasteiger partial charge >= 0.3 is 0 Å². The number of benzene rings is 2. The molecule has 0 atom stereocenters. The molecule has 0 fully saturated rings. The fourth-order valence-electron chi connectivity index (χ4n) is 2.26. The molecule has 0 unspecified atom stereocenters. The Morgan fingerprint density at radius 2 is 1.56 bits per heavy atom. The van der Waals surface area contributed by atoms with Crippen LogP contribution >= 0.6 is 0 Å². The van der Waals surface area contributed by atoms with Gasteiger partial charge in [-0.3, -0.25) is 0 Å². The van der Waals surface area contributed by atoms with Crippen LogP contribution < -0.4 is 10.6 Å². The molecule has 3 rings (SSSR count). The highest BCUT2D eigenvalue weighted by Crippen LogP contribution is 2.20. The van der Waals surface area contributed by atoms with Gasteiger partial charge in [0.15, 0.2) is 0 Å². The number of nitrogens with one attached hydrogen (secondary N) is 2. The Bertz CT molecular complexity index is 980. The van der Waals surface area contributed by atoms with E-state index in [0.29, 0.717) is 22.9 Å². The Morgan fingerprint density at radius 1 is 0.800 bits per heavy atom. The van der Waals surface area contributed by atoms with Gasteiger partial charge in [-0.25, -0.2) is 4.98 Å². The first-order chi connectivity index (χ1) is 12.2. The summed E-state index contributed by atoms with van der Waals surface area (Å²) in [6.07, 6.45) is 0. The largest absolute Gasteiger partial charge is 0.340 e. The van der Waals surface area contributed by atoms with Crippen molar-refractivity contribution in [2.75, 3.05) is 10.6 Å². The number of hydrogen-bond acceptors (Lipinski definition) is 6. The summed E-state index contributed by atoms with van der Waals surface area (Å²) in [7, 11) is 0. The van der Waals surface area contributed by atoms with Crippen molar-refractivity contribution in [3.8, 4) is 12.1 Å². The second-order valence-electron chi connectivity index (χ2n) is 5.35. The van der Waals surface area contributed by atoms with Crippen LogP contribution in [0.2, 0.25) is 0 Å². The fourth-order valence-corrected chi connectivity index (χ4v) is 2.26. The van der Waals surface area contributed by atoms with E-state index < -0.39 is 0 Å². The summed E-state index contributed by atoms with van der Waals surface area (Å²) in [5.74, 6) is 1.07. The van der Waals surface area contributed by atoms with Crippen LogP contribution in [-0.4, -0.2) is 9.97 Å². The van der Waals surface area contributed by atoms with E-state index in [1.54, 1.807) is 36.4 Å². The highest BCUT2D eigenvalue weighted by Gasteiger charge is 2.04. The lowest BCUT2D eigenvalue weighted by Gasteiger charge is -2.10. The molecule has 120 valence electrons. The predicted octanol–water partition coefficient (Wildman–Crippen LogP) is 4.02. The van der Waals surface area contributed by atoms with Gasteiger partial charge in [0, 0.05) is 23.1 Å². The van der Waals surface area contributed by atoms with Crippen molar-refractivity contribution in [2.24, 2.45) is 0 Å². The molecule has 0 saturated carbocycles. The molecule has 6 nitrogen and oxygen atoms in total. The third-order valence-electron chi connectivity index (χ3n) is 3.39. The predicted molar refractivity (Wildman–Crippen MR) is 95.6 cm³/mol. The van der Waals surface area contributed by atoms with Crippen LogP contribution in [-0.2, 0) is 0 Å². The average molecular weight is 326 g/mol. The second kappa shape index (κ2) is 7.12. The Balaban J connectivity index is 1.82. The molecule has 2 N–H and O–H groups in total. The van der Waals surface area contributed by atoms with Gasteiger partial charge < -0.3 is 10.6 Å². The first-order valence-corrected chi connectivity index (χ1v) is 7.56. The summed E-state index contributed by atoms with van der Waals surface area (Å²) in [5, 5.41) is 24.1. The molecule has 0 saturated heterocycles. The van der Waals surface area contributed by atoms with Gasteiger partial charge in [0.05, 0.1) is 23.3 Å². The van der Waals surface area contributed by atoms with Crippen molar-refractivity contribution in [3.63, 3.8) is 0 Å². The van der Waals surface area contributed by atoms with Crippen LogP contribution in [0.1, 0.15) is 16.8 Å². The van der Waals surface area contributed by atoms with Gasteiger partial charge in [-0.1, -0.05) is 6.07 Å². The SMILES string of the molecule is Cc1cc(Nc2cccc(C#N)c2)nc(Nc2ccc(C#N)cc2)n1. The van der Waals surface area contributed by atoms with E-state index in [4.69, 9.17) is 10.5 Å². The van der Waals surface area contributed by atoms with Gasteiger partial charge in [0.25, 0.3) is 0 Å². The van der Waals surface area contributed by atoms with Gasteiger partial charge in [-0.05, 0) is 49.4 Å². The molecule has 0 radical (unpaired) electrons. The third-order valence-corrected chi connectivity index (χ3v) is 3.39. The van der Waals surface area contributed by atoms with E-state index in [-0.39, 0.29) is 0 Å². The molecule has 0 amide bonds. The molecule has 3 aromatic rings. The Labute approximate surface area is 145 Å². The first-order valence-electron chi connectivity index (χ1n) is 7.56. The summed E-state index contributed by atoms with van der Waals surface area (Å²) in [6.45, 7) is 1.88. The van der Waals surface area contributed by atoms with Crippen LogP contribution in [0.4, 0.5) is 23.1 Å². The van der Waals surface area contributed by atoms with Gasteiger partial charge in [-0.15, -0.1) is 0 Å². The molecular formula is C19H14N6. The molecule has 1 aromatic heterocycles. The lowest BCUT2D eigenvalue weighted by atomic mass is 10.2. The van der Waals surface area contributed by atoms with Crippen molar-refractivity contribution in [1.82, 2.24) is 9.97 Å². The monoisotopic (exact) mass is 326 g/mol. The van der Waals surface area contributed by atoms with E-state index >= 15 is 0 Å². The minimum absolute atomic E-state index is 0.448. The summed E-state index contributed by atoms with van der Waals surface area (Å²) in [4.78, 5) is 8.81. The Morgan fingerprint density at radius 3 is 2.28 bits per heavy atom. The molecule has 0 aliphatic rings. The van der Waals surface area contributed by atoms with Crippen molar-refractivity contribution < 1.29 is 0 Å². The molecule has 6 heteroatoms. The molecule has 0 aliphatic heterocycles. The lowest BCUT2D eigenvalue weighted by molar-refractivity contribution is 1.11. The number of hydrogen-bond donors (Lipinski definition) is 2. The maximum Gasteiger partial charge on any atom is 0.229 e. The number of aromatic nitrogens is 2.